The Balaban J connectivity index is 1.60. The normalized spacial score (nSPS) is 12.4. The minimum absolute atomic E-state index is 0.0383. The van der Waals surface area contributed by atoms with Gasteiger partial charge in [-0.3, -0.25) is 19.3 Å². The van der Waals surface area contributed by atoms with E-state index in [9.17, 15) is 19.2 Å². The van der Waals surface area contributed by atoms with Crippen molar-refractivity contribution in [2.24, 2.45) is 0 Å². The first kappa shape index (κ1) is 19.2. The molecule has 2 aromatic rings. The first-order chi connectivity index (χ1) is 13.4. The van der Waals surface area contributed by atoms with Crippen LogP contribution in [0.5, 0.6) is 0 Å². The fraction of sp³-hybridized carbons (Fsp3) is 0.105. The molecule has 0 fully saturated rings. The second kappa shape index (κ2) is 7.97. The minimum Gasteiger partial charge on any atom is -0.465 e. The lowest BCUT2D eigenvalue weighted by molar-refractivity contribution is -0.120. The Morgan fingerprint density at radius 1 is 1.04 bits per heavy atom. The Hall–Kier alpha value is -3.59. The number of carbonyl (C=O) groups is 4. The van der Waals surface area contributed by atoms with Crippen molar-refractivity contribution in [2.45, 2.75) is 0 Å². The van der Waals surface area contributed by atoms with Crippen molar-refractivity contribution < 1.29 is 23.9 Å². The summed E-state index contributed by atoms with van der Waals surface area (Å²) in [5, 5.41) is 5.13. The van der Waals surface area contributed by atoms with Gasteiger partial charge in [0, 0.05) is 5.69 Å². The van der Waals surface area contributed by atoms with Crippen LogP contribution in [0.4, 0.5) is 5.69 Å². The molecule has 8 nitrogen and oxygen atoms in total. The van der Waals surface area contributed by atoms with Gasteiger partial charge in [0.25, 0.3) is 11.8 Å². The van der Waals surface area contributed by atoms with E-state index in [1.807, 2.05) is 0 Å². The summed E-state index contributed by atoms with van der Waals surface area (Å²) in [6.45, 7) is -0.462. The Bertz CT molecular complexity index is 970. The minimum atomic E-state index is -0.629. The van der Waals surface area contributed by atoms with Crippen LogP contribution < -0.4 is 10.6 Å². The molecule has 2 aromatic carbocycles. The number of imide groups is 1. The van der Waals surface area contributed by atoms with E-state index in [0.29, 0.717) is 11.3 Å². The lowest BCUT2D eigenvalue weighted by Gasteiger charge is -2.15. The highest BCUT2D eigenvalue weighted by molar-refractivity contribution is 7.80. The molecule has 0 saturated carbocycles. The largest absolute Gasteiger partial charge is 0.465 e. The van der Waals surface area contributed by atoms with Crippen molar-refractivity contribution in [3.8, 4) is 0 Å². The summed E-state index contributed by atoms with van der Waals surface area (Å²) >= 11 is 5.07. The SMILES string of the molecule is COC(=O)c1cccc(NC(=S)NC(=O)CN2C(=O)c3ccccc3C2=O)c1. The molecule has 28 heavy (non-hydrogen) atoms. The molecule has 2 N–H and O–H groups in total. The number of nitrogens with one attached hydrogen (secondary N) is 2. The number of rotatable bonds is 4. The van der Waals surface area contributed by atoms with Gasteiger partial charge in [0.05, 0.1) is 23.8 Å². The maximum Gasteiger partial charge on any atom is 0.337 e. The van der Waals surface area contributed by atoms with Gasteiger partial charge in [-0.15, -0.1) is 0 Å². The van der Waals surface area contributed by atoms with E-state index in [0.717, 1.165) is 4.90 Å². The van der Waals surface area contributed by atoms with E-state index in [2.05, 4.69) is 15.4 Å². The van der Waals surface area contributed by atoms with Gasteiger partial charge in [0.15, 0.2) is 5.11 Å². The summed E-state index contributed by atoms with van der Waals surface area (Å²) in [7, 11) is 1.27. The summed E-state index contributed by atoms with van der Waals surface area (Å²) < 4.78 is 4.64. The number of thiocarbonyl (C=S) groups is 1. The molecule has 1 aliphatic heterocycles. The number of amides is 3. The lowest BCUT2D eigenvalue weighted by Crippen LogP contribution is -2.43. The van der Waals surface area contributed by atoms with E-state index < -0.39 is 30.2 Å². The molecule has 1 heterocycles. The highest BCUT2D eigenvalue weighted by Gasteiger charge is 2.36. The number of esters is 1. The van der Waals surface area contributed by atoms with E-state index >= 15 is 0 Å². The summed E-state index contributed by atoms with van der Waals surface area (Å²) in [6, 6.07) is 12.7. The van der Waals surface area contributed by atoms with Crippen LogP contribution >= 0.6 is 12.2 Å². The number of methoxy groups -OCH3 is 1. The Labute approximate surface area is 165 Å². The number of anilines is 1. The predicted molar refractivity (Wildman–Crippen MR) is 104 cm³/mol. The number of ether oxygens (including phenoxy) is 1. The third-order valence-electron chi connectivity index (χ3n) is 3.97. The zero-order chi connectivity index (χ0) is 20.3. The standard InChI is InChI=1S/C19H15N3O5S/c1-27-18(26)11-5-4-6-12(9-11)20-19(28)21-15(23)10-22-16(24)13-7-2-3-8-14(13)17(22)25/h2-9H,10H2,1H3,(H2,20,21,23,28). The average molecular weight is 397 g/mol. The molecule has 142 valence electrons. The van der Waals surface area contributed by atoms with Gasteiger partial charge in [0.2, 0.25) is 5.91 Å². The Kier molecular flexibility index (Phi) is 5.46. The number of hydrogen-bond donors (Lipinski definition) is 2. The number of benzene rings is 2. The van der Waals surface area contributed by atoms with Crippen LogP contribution in [0, 0.1) is 0 Å². The third kappa shape index (κ3) is 3.89. The number of fused-ring (bicyclic) bond motifs is 1. The molecule has 0 radical (unpaired) electrons. The molecule has 0 unspecified atom stereocenters. The smallest absolute Gasteiger partial charge is 0.337 e. The predicted octanol–water partition coefficient (Wildman–Crippen LogP) is 1.58. The fourth-order valence-corrected chi connectivity index (χ4v) is 2.93. The lowest BCUT2D eigenvalue weighted by atomic mass is 10.1. The van der Waals surface area contributed by atoms with E-state index in [1.54, 1.807) is 30.3 Å². The van der Waals surface area contributed by atoms with Crippen LogP contribution in [0.15, 0.2) is 48.5 Å². The quantitative estimate of drug-likeness (QED) is 0.458. The summed E-state index contributed by atoms with van der Waals surface area (Å²) in [6.07, 6.45) is 0. The molecule has 1 aliphatic rings. The van der Waals surface area contributed by atoms with Crippen molar-refractivity contribution in [2.75, 3.05) is 19.0 Å². The van der Waals surface area contributed by atoms with Crippen LogP contribution in [0.1, 0.15) is 31.1 Å². The molecule has 0 aromatic heterocycles. The monoisotopic (exact) mass is 397 g/mol. The van der Waals surface area contributed by atoms with E-state index in [1.165, 1.54) is 25.3 Å². The fourth-order valence-electron chi connectivity index (χ4n) is 2.70. The van der Waals surface area contributed by atoms with Crippen molar-refractivity contribution in [1.29, 1.82) is 0 Å². The molecule has 3 rings (SSSR count). The van der Waals surface area contributed by atoms with Crippen LogP contribution in [0.3, 0.4) is 0 Å². The second-order valence-electron chi connectivity index (χ2n) is 5.82. The Morgan fingerprint density at radius 2 is 1.68 bits per heavy atom. The number of hydrogen-bond acceptors (Lipinski definition) is 6. The van der Waals surface area contributed by atoms with Crippen molar-refractivity contribution in [3.63, 3.8) is 0 Å². The highest BCUT2D eigenvalue weighted by atomic mass is 32.1. The summed E-state index contributed by atoms with van der Waals surface area (Å²) in [5.41, 5.74) is 1.31. The first-order valence-electron chi connectivity index (χ1n) is 8.15. The topological polar surface area (TPSA) is 105 Å². The maximum absolute atomic E-state index is 12.3. The van der Waals surface area contributed by atoms with Gasteiger partial charge in [-0.05, 0) is 42.5 Å². The Morgan fingerprint density at radius 3 is 2.29 bits per heavy atom. The van der Waals surface area contributed by atoms with Crippen LogP contribution in [-0.4, -0.2) is 47.4 Å². The van der Waals surface area contributed by atoms with Crippen LogP contribution in [0.25, 0.3) is 0 Å². The van der Waals surface area contributed by atoms with Crippen molar-refractivity contribution in [3.05, 3.63) is 65.2 Å². The molecule has 0 saturated heterocycles. The maximum atomic E-state index is 12.3. The number of nitrogens with zero attached hydrogens (tertiary/aromatic N) is 1. The molecule has 0 bridgehead atoms. The van der Waals surface area contributed by atoms with E-state index in [4.69, 9.17) is 12.2 Å². The van der Waals surface area contributed by atoms with Crippen LogP contribution in [-0.2, 0) is 9.53 Å². The van der Waals surface area contributed by atoms with Gasteiger partial charge >= 0.3 is 5.97 Å². The third-order valence-corrected chi connectivity index (χ3v) is 4.18. The first-order valence-corrected chi connectivity index (χ1v) is 8.56. The molecular weight excluding hydrogens is 382 g/mol. The molecule has 3 amide bonds. The molecule has 0 atom stereocenters. The van der Waals surface area contributed by atoms with Gasteiger partial charge in [-0.1, -0.05) is 18.2 Å². The zero-order valence-corrected chi connectivity index (χ0v) is 15.5. The second-order valence-corrected chi connectivity index (χ2v) is 6.22. The van der Waals surface area contributed by atoms with Crippen molar-refractivity contribution >= 4 is 46.7 Å². The molecule has 0 aliphatic carbocycles. The van der Waals surface area contributed by atoms with Gasteiger partial charge < -0.3 is 15.4 Å². The molecule has 9 heteroatoms. The van der Waals surface area contributed by atoms with E-state index in [-0.39, 0.29) is 16.2 Å². The zero-order valence-electron chi connectivity index (χ0n) is 14.7. The summed E-state index contributed by atoms with van der Waals surface area (Å²) in [5.74, 6) is -2.19. The van der Waals surface area contributed by atoms with Gasteiger partial charge in [-0.2, -0.15) is 0 Å². The average Bonchev–Trinajstić information content (AvgIpc) is 2.92. The molecule has 0 spiro atoms. The summed E-state index contributed by atoms with van der Waals surface area (Å²) in [4.78, 5) is 49.2. The van der Waals surface area contributed by atoms with Crippen molar-refractivity contribution in [1.82, 2.24) is 10.2 Å². The molecular formula is C19H15N3O5S. The number of carbonyl (C=O) groups excluding carboxylic acids is 4. The van der Waals surface area contributed by atoms with Crippen LogP contribution in [0.2, 0.25) is 0 Å². The van der Waals surface area contributed by atoms with Gasteiger partial charge in [-0.25, -0.2) is 4.79 Å². The highest BCUT2D eigenvalue weighted by Crippen LogP contribution is 2.21. The van der Waals surface area contributed by atoms with Gasteiger partial charge in [0.1, 0.15) is 6.54 Å².